The molecular weight excluding hydrogens is 329 g/mol. The van der Waals surface area contributed by atoms with E-state index < -0.39 is 0 Å². The zero-order valence-corrected chi connectivity index (χ0v) is 14.9. The zero-order valence-electron chi connectivity index (χ0n) is 14.9. The molecule has 2 aliphatic rings. The van der Waals surface area contributed by atoms with Crippen molar-refractivity contribution in [2.45, 2.75) is 13.0 Å². The van der Waals surface area contributed by atoms with Crippen molar-refractivity contribution in [3.63, 3.8) is 0 Å². The third kappa shape index (κ3) is 2.84. The predicted molar refractivity (Wildman–Crippen MR) is 103 cm³/mol. The molecule has 0 saturated heterocycles. The van der Waals surface area contributed by atoms with Gasteiger partial charge >= 0.3 is 0 Å². The largest absolute Gasteiger partial charge is 0.338 e. The molecular formula is C21H20FN3O. The fourth-order valence-corrected chi connectivity index (χ4v) is 3.48. The quantitative estimate of drug-likeness (QED) is 0.416. The van der Waals surface area contributed by atoms with E-state index in [-0.39, 0.29) is 11.2 Å². The first-order chi connectivity index (χ1) is 12.5. The van der Waals surface area contributed by atoms with Crippen molar-refractivity contribution in [2.24, 2.45) is 0 Å². The lowest BCUT2D eigenvalue weighted by Crippen LogP contribution is -2.17. The molecule has 0 unspecified atom stereocenters. The number of aromatic nitrogens is 2. The molecule has 1 aliphatic heterocycles. The molecule has 0 spiro atoms. The van der Waals surface area contributed by atoms with Crippen LogP contribution in [0.5, 0.6) is 0 Å². The molecule has 1 heterocycles. The van der Waals surface area contributed by atoms with E-state index in [2.05, 4.69) is 4.90 Å². The predicted octanol–water partition coefficient (Wildman–Crippen LogP) is 3.75. The van der Waals surface area contributed by atoms with Crippen LogP contribution in [0.15, 0.2) is 53.3 Å². The Kier molecular flexibility index (Phi) is 4.17. The SMILES string of the molecule is CN(C)CCCn1c2cc(=O)c3ccccc3c-2nc2ccc(F)cc21. The smallest absolute Gasteiger partial charge is 0.188 e. The standard InChI is InChI=1S/C21H20FN3O/c1-24(2)10-5-11-25-18-12-14(22)8-9-17(18)23-21-16-7-4-3-6-15(16)20(26)13-19(21)25/h3-4,6-9,12-13H,5,10-11H2,1-2H3. The number of benzene rings is 3. The lowest BCUT2D eigenvalue weighted by molar-refractivity contribution is 0.388. The van der Waals surface area contributed by atoms with E-state index in [0.29, 0.717) is 17.4 Å². The van der Waals surface area contributed by atoms with Gasteiger partial charge in [-0.25, -0.2) is 9.37 Å². The number of rotatable bonds is 4. The van der Waals surface area contributed by atoms with Gasteiger partial charge < -0.3 is 9.47 Å². The minimum atomic E-state index is -0.303. The first kappa shape index (κ1) is 16.7. The van der Waals surface area contributed by atoms with Gasteiger partial charge in [0.1, 0.15) is 5.82 Å². The summed E-state index contributed by atoms with van der Waals surface area (Å²) in [6, 6.07) is 13.8. The van der Waals surface area contributed by atoms with Gasteiger partial charge in [-0.1, -0.05) is 24.3 Å². The van der Waals surface area contributed by atoms with E-state index in [9.17, 15) is 9.18 Å². The minimum Gasteiger partial charge on any atom is -0.338 e. The Labute approximate surface area is 150 Å². The van der Waals surface area contributed by atoms with E-state index >= 15 is 0 Å². The van der Waals surface area contributed by atoms with Crippen molar-refractivity contribution in [2.75, 3.05) is 20.6 Å². The van der Waals surface area contributed by atoms with Gasteiger partial charge in [0, 0.05) is 23.4 Å². The number of halogens is 1. The lowest BCUT2D eigenvalue weighted by atomic mass is 10.0. The molecule has 0 radical (unpaired) electrons. The fourth-order valence-electron chi connectivity index (χ4n) is 3.48. The molecule has 132 valence electrons. The van der Waals surface area contributed by atoms with Crippen molar-refractivity contribution in [1.82, 2.24) is 14.5 Å². The van der Waals surface area contributed by atoms with Gasteiger partial charge in [0.05, 0.1) is 22.4 Å². The van der Waals surface area contributed by atoms with Gasteiger partial charge in [-0.15, -0.1) is 0 Å². The molecule has 0 aromatic heterocycles. The van der Waals surface area contributed by atoms with Gasteiger partial charge in [0.25, 0.3) is 0 Å². The van der Waals surface area contributed by atoms with E-state index in [1.165, 1.54) is 12.1 Å². The molecule has 0 bridgehead atoms. The monoisotopic (exact) mass is 349 g/mol. The van der Waals surface area contributed by atoms with Crippen molar-refractivity contribution < 1.29 is 4.39 Å². The van der Waals surface area contributed by atoms with Crippen LogP contribution in [-0.2, 0) is 6.54 Å². The summed E-state index contributed by atoms with van der Waals surface area (Å²) < 4.78 is 15.9. The van der Waals surface area contributed by atoms with Crippen molar-refractivity contribution in [1.29, 1.82) is 0 Å². The number of fused-ring (bicyclic) bond motifs is 4. The summed E-state index contributed by atoms with van der Waals surface area (Å²) in [5.74, 6) is -0.303. The Morgan fingerprint density at radius 2 is 1.85 bits per heavy atom. The van der Waals surface area contributed by atoms with Crippen molar-refractivity contribution >= 4 is 21.8 Å². The molecule has 5 heteroatoms. The highest BCUT2D eigenvalue weighted by molar-refractivity contribution is 5.97. The third-order valence-corrected chi connectivity index (χ3v) is 4.70. The molecule has 1 aliphatic carbocycles. The Bertz CT molecular complexity index is 1130. The maximum Gasteiger partial charge on any atom is 0.188 e. The molecule has 0 N–H and O–H groups in total. The van der Waals surface area contributed by atoms with Crippen LogP contribution in [0.1, 0.15) is 6.42 Å². The molecule has 2 aromatic carbocycles. The molecule has 0 fully saturated rings. The van der Waals surface area contributed by atoms with Gasteiger partial charge in [-0.2, -0.15) is 0 Å². The summed E-state index contributed by atoms with van der Waals surface area (Å²) in [6.07, 6.45) is 0.892. The molecule has 4 rings (SSSR count). The maximum atomic E-state index is 13.9. The number of aryl methyl sites for hydroxylation is 1. The Morgan fingerprint density at radius 3 is 2.62 bits per heavy atom. The van der Waals surface area contributed by atoms with Crippen LogP contribution in [0, 0.1) is 5.82 Å². The van der Waals surface area contributed by atoms with E-state index in [1.54, 1.807) is 12.1 Å². The number of nitrogens with zero attached hydrogens (tertiary/aromatic N) is 3. The highest BCUT2D eigenvalue weighted by Gasteiger charge is 2.17. The number of hydrogen-bond acceptors (Lipinski definition) is 3. The summed E-state index contributed by atoms with van der Waals surface area (Å²) in [4.78, 5) is 19.5. The highest BCUT2D eigenvalue weighted by Crippen LogP contribution is 2.30. The first-order valence-corrected chi connectivity index (χ1v) is 8.71. The second kappa shape index (κ2) is 6.50. The summed E-state index contributed by atoms with van der Waals surface area (Å²) in [7, 11) is 4.05. The third-order valence-electron chi connectivity index (χ3n) is 4.70. The summed E-state index contributed by atoms with van der Waals surface area (Å²) in [5, 5.41) is 1.50. The van der Waals surface area contributed by atoms with Crippen LogP contribution in [-0.4, -0.2) is 35.1 Å². The van der Waals surface area contributed by atoms with Crippen LogP contribution in [0.25, 0.3) is 33.2 Å². The van der Waals surface area contributed by atoms with Crippen LogP contribution in [0.4, 0.5) is 4.39 Å². The Hall–Kier alpha value is -2.79. The van der Waals surface area contributed by atoms with Crippen LogP contribution < -0.4 is 5.43 Å². The van der Waals surface area contributed by atoms with Crippen molar-refractivity contribution in [3.05, 3.63) is 64.6 Å². The summed E-state index contributed by atoms with van der Waals surface area (Å²) in [5.41, 5.74) is 2.94. The van der Waals surface area contributed by atoms with E-state index in [4.69, 9.17) is 4.98 Å². The van der Waals surface area contributed by atoms with Crippen molar-refractivity contribution in [3.8, 4) is 11.4 Å². The lowest BCUT2D eigenvalue weighted by Gasteiger charge is -2.20. The van der Waals surface area contributed by atoms with Gasteiger partial charge in [0.15, 0.2) is 5.43 Å². The van der Waals surface area contributed by atoms with E-state index in [1.807, 2.05) is 42.9 Å². The maximum absolute atomic E-state index is 13.9. The van der Waals surface area contributed by atoms with Crippen LogP contribution in [0.3, 0.4) is 0 Å². The Balaban J connectivity index is 2.04. The van der Waals surface area contributed by atoms with Gasteiger partial charge in [-0.05, 0) is 45.3 Å². The van der Waals surface area contributed by atoms with Gasteiger partial charge in [0.2, 0.25) is 0 Å². The first-order valence-electron chi connectivity index (χ1n) is 8.71. The Morgan fingerprint density at radius 1 is 1.08 bits per heavy atom. The average molecular weight is 349 g/mol. The summed E-state index contributed by atoms with van der Waals surface area (Å²) in [6.45, 7) is 1.60. The van der Waals surface area contributed by atoms with Gasteiger partial charge in [-0.3, -0.25) is 4.79 Å². The second-order valence-electron chi connectivity index (χ2n) is 6.84. The molecule has 2 aromatic rings. The average Bonchev–Trinajstić information content (AvgIpc) is 2.62. The second-order valence-corrected chi connectivity index (χ2v) is 6.84. The normalized spacial score (nSPS) is 11.8. The van der Waals surface area contributed by atoms with E-state index in [0.717, 1.165) is 35.3 Å². The summed E-state index contributed by atoms with van der Waals surface area (Å²) >= 11 is 0. The fraction of sp³-hybridized carbons (Fsp3) is 0.238. The zero-order chi connectivity index (χ0) is 18.3. The molecule has 0 atom stereocenters. The van der Waals surface area contributed by atoms with Crippen LogP contribution in [0.2, 0.25) is 0 Å². The van der Waals surface area contributed by atoms with Crippen LogP contribution >= 0.6 is 0 Å². The highest BCUT2D eigenvalue weighted by atomic mass is 19.1. The minimum absolute atomic E-state index is 0.0352. The molecule has 26 heavy (non-hydrogen) atoms. The molecule has 4 nitrogen and oxygen atoms in total. The molecule has 0 saturated carbocycles. The molecule has 0 amide bonds. The number of hydrogen-bond donors (Lipinski definition) is 0. The topological polar surface area (TPSA) is 38.1 Å².